The van der Waals surface area contributed by atoms with Crippen LogP contribution in [-0.2, 0) is 0 Å². The fourth-order valence-corrected chi connectivity index (χ4v) is 1.23. The lowest BCUT2D eigenvalue weighted by Crippen LogP contribution is -2.00. The molecule has 0 amide bonds. The van der Waals surface area contributed by atoms with Gasteiger partial charge < -0.3 is 10.5 Å². The van der Waals surface area contributed by atoms with E-state index in [0.717, 1.165) is 29.4 Å². The molecule has 0 aromatic heterocycles. The number of benzene rings is 1. The second kappa shape index (κ2) is 5.02. The lowest BCUT2D eigenvalue weighted by atomic mass is 10.2. The Morgan fingerprint density at radius 3 is 2.85 bits per heavy atom. The molecular weight excluding hydrogens is 182 g/mol. The summed E-state index contributed by atoms with van der Waals surface area (Å²) in [6.45, 7) is 2.74. The van der Waals surface area contributed by atoms with E-state index >= 15 is 0 Å². The van der Waals surface area contributed by atoms with Crippen molar-refractivity contribution in [2.75, 3.05) is 24.3 Å². The van der Waals surface area contributed by atoms with Crippen LogP contribution in [0.25, 0.3) is 0 Å². The van der Waals surface area contributed by atoms with Gasteiger partial charge in [-0.15, -0.1) is 0 Å². The zero-order valence-electron chi connectivity index (χ0n) is 8.04. The third-order valence-electron chi connectivity index (χ3n) is 1.80. The first-order valence-electron chi connectivity index (χ1n) is 4.22. The second-order valence-electron chi connectivity index (χ2n) is 2.86. The van der Waals surface area contributed by atoms with Gasteiger partial charge in [0.15, 0.2) is 0 Å². The van der Waals surface area contributed by atoms with Gasteiger partial charge in [-0.05, 0) is 36.9 Å². The first kappa shape index (κ1) is 10.3. The smallest absolute Gasteiger partial charge is 0.119 e. The van der Waals surface area contributed by atoms with Crippen LogP contribution >= 0.6 is 11.8 Å². The van der Waals surface area contributed by atoms with Crippen LogP contribution in [0.5, 0.6) is 5.75 Å². The maximum Gasteiger partial charge on any atom is 0.119 e. The molecule has 3 heteroatoms. The molecule has 72 valence electrons. The van der Waals surface area contributed by atoms with Crippen LogP contribution in [0.2, 0.25) is 0 Å². The topological polar surface area (TPSA) is 35.2 Å². The van der Waals surface area contributed by atoms with Gasteiger partial charge in [0.05, 0.1) is 6.61 Å². The molecule has 0 aliphatic rings. The van der Waals surface area contributed by atoms with E-state index in [1.165, 1.54) is 0 Å². The maximum absolute atomic E-state index is 5.68. The molecule has 0 bridgehead atoms. The van der Waals surface area contributed by atoms with Crippen molar-refractivity contribution in [3.05, 3.63) is 23.8 Å². The molecule has 2 N–H and O–H groups in total. The highest BCUT2D eigenvalue weighted by Gasteiger charge is 1.96. The minimum atomic E-state index is 0.754. The average molecular weight is 197 g/mol. The van der Waals surface area contributed by atoms with Gasteiger partial charge >= 0.3 is 0 Å². The molecule has 0 saturated carbocycles. The summed E-state index contributed by atoms with van der Waals surface area (Å²) < 4.78 is 5.51. The van der Waals surface area contributed by atoms with Crippen molar-refractivity contribution >= 4 is 17.4 Å². The predicted molar refractivity (Wildman–Crippen MR) is 59.5 cm³/mol. The number of rotatable bonds is 4. The van der Waals surface area contributed by atoms with Gasteiger partial charge in [-0.1, -0.05) is 0 Å². The molecule has 0 radical (unpaired) electrons. The Balaban J connectivity index is 2.53. The van der Waals surface area contributed by atoms with Crippen LogP contribution in [0.4, 0.5) is 5.69 Å². The number of nitrogens with two attached hydrogens (primary N) is 1. The van der Waals surface area contributed by atoms with E-state index in [-0.39, 0.29) is 0 Å². The van der Waals surface area contributed by atoms with Gasteiger partial charge in [-0.2, -0.15) is 11.8 Å². The molecule has 0 fully saturated rings. The van der Waals surface area contributed by atoms with Gasteiger partial charge in [-0.25, -0.2) is 0 Å². The van der Waals surface area contributed by atoms with E-state index in [9.17, 15) is 0 Å². The van der Waals surface area contributed by atoms with Gasteiger partial charge in [0.2, 0.25) is 0 Å². The highest BCUT2D eigenvalue weighted by Crippen LogP contribution is 2.18. The summed E-state index contributed by atoms with van der Waals surface area (Å²) in [6.07, 6.45) is 2.07. The van der Waals surface area contributed by atoms with Gasteiger partial charge in [0.1, 0.15) is 5.75 Å². The van der Waals surface area contributed by atoms with E-state index in [0.29, 0.717) is 0 Å². The molecule has 1 aromatic carbocycles. The largest absolute Gasteiger partial charge is 0.493 e. The molecule has 2 nitrogen and oxygen atoms in total. The van der Waals surface area contributed by atoms with Crippen molar-refractivity contribution in [3.63, 3.8) is 0 Å². The van der Waals surface area contributed by atoms with Crippen LogP contribution in [0.3, 0.4) is 0 Å². The Kier molecular flexibility index (Phi) is 3.96. The fourth-order valence-electron chi connectivity index (χ4n) is 0.981. The van der Waals surface area contributed by atoms with E-state index in [4.69, 9.17) is 10.5 Å². The predicted octanol–water partition coefficient (Wildman–Crippen LogP) is 2.32. The molecular formula is C10H15NOS. The highest BCUT2D eigenvalue weighted by atomic mass is 32.2. The first-order chi connectivity index (χ1) is 6.24. The number of hydrogen-bond donors (Lipinski definition) is 1. The van der Waals surface area contributed by atoms with Crippen LogP contribution < -0.4 is 10.5 Å². The Morgan fingerprint density at radius 1 is 1.46 bits per heavy atom. The second-order valence-corrected chi connectivity index (χ2v) is 3.85. The molecule has 0 atom stereocenters. The van der Waals surface area contributed by atoms with Crippen LogP contribution in [0.1, 0.15) is 5.56 Å². The minimum absolute atomic E-state index is 0.754. The molecule has 0 aliphatic carbocycles. The Labute approximate surface area is 83.5 Å². The summed E-state index contributed by atoms with van der Waals surface area (Å²) in [4.78, 5) is 0. The van der Waals surface area contributed by atoms with Crippen LogP contribution in [0, 0.1) is 6.92 Å². The number of thioether (sulfide) groups is 1. The lowest BCUT2D eigenvalue weighted by Gasteiger charge is -2.06. The number of aryl methyl sites for hydroxylation is 1. The van der Waals surface area contributed by atoms with Crippen molar-refractivity contribution in [3.8, 4) is 5.75 Å². The molecule has 1 aromatic rings. The summed E-state index contributed by atoms with van der Waals surface area (Å²) in [5, 5.41) is 0. The standard InChI is InChI=1S/C10H15NOS/c1-8-7-9(3-4-10(8)11)12-5-6-13-2/h3-4,7H,5-6,11H2,1-2H3. The number of ether oxygens (including phenoxy) is 1. The monoisotopic (exact) mass is 197 g/mol. The van der Waals surface area contributed by atoms with E-state index in [1.54, 1.807) is 11.8 Å². The summed E-state index contributed by atoms with van der Waals surface area (Å²) in [6, 6.07) is 5.75. The zero-order chi connectivity index (χ0) is 9.68. The number of nitrogen functional groups attached to an aromatic ring is 1. The Morgan fingerprint density at radius 2 is 2.23 bits per heavy atom. The first-order valence-corrected chi connectivity index (χ1v) is 5.61. The molecule has 0 saturated heterocycles. The number of anilines is 1. The normalized spacial score (nSPS) is 10.0. The van der Waals surface area contributed by atoms with Gasteiger partial charge in [0.25, 0.3) is 0 Å². The Bertz CT molecular complexity index is 276. The van der Waals surface area contributed by atoms with E-state index < -0.39 is 0 Å². The Hall–Kier alpha value is -0.830. The van der Waals surface area contributed by atoms with Crippen molar-refractivity contribution in [1.29, 1.82) is 0 Å². The summed E-state index contributed by atoms with van der Waals surface area (Å²) in [7, 11) is 0. The quantitative estimate of drug-likeness (QED) is 0.594. The number of hydrogen-bond acceptors (Lipinski definition) is 3. The minimum Gasteiger partial charge on any atom is -0.493 e. The third-order valence-corrected chi connectivity index (χ3v) is 2.37. The molecule has 0 spiro atoms. The van der Waals surface area contributed by atoms with Crippen molar-refractivity contribution in [1.82, 2.24) is 0 Å². The molecule has 0 aliphatic heterocycles. The molecule has 0 unspecified atom stereocenters. The molecule has 1 rings (SSSR count). The van der Waals surface area contributed by atoms with Crippen molar-refractivity contribution in [2.45, 2.75) is 6.92 Å². The van der Waals surface area contributed by atoms with Crippen LogP contribution in [-0.4, -0.2) is 18.6 Å². The van der Waals surface area contributed by atoms with Gasteiger partial charge in [0, 0.05) is 11.4 Å². The summed E-state index contributed by atoms with van der Waals surface area (Å²) >= 11 is 1.78. The SMILES string of the molecule is CSCCOc1ccc(N)c(C)c1. The zero-order valence-corrected chi connectivity index (χ0v) is 8.86. The third kappa shape index (κ3) is 3.19. The van der Waals surface area contributed by atoms with Crippen molar-refractivity contribution < 1.29 is 4.74 Å². The highest BCUT2D eigenvalue weighted by molar-refractivity contribution is 7.98. The summed E-state index contributed by atoms with van der Waals surface area (Å²) in [5.41, 5.74) is 7.57. The maximum atomic E-state index is 5.68. The lowest BCUT2D eigenvalue weighted by molar-refractivity contribution is 0.344. The van der Waals surface area contributed by atoms with E-state index in [2.05, 4.69) is 6.26 Å². The molecule has 13 heavy (non-hydrogen) atoms. The van der Waals surface area contributed by atoms with Crippen molar-refractivity contribution in [2.24, 2.45) is 0 Å². The fraction of sp³-hybridized carbons (Fsp3) is 0.400. The van der Waals surface area contributed by atoms with Crippen LogP contribution in [0.15, 0.2) is 18.2 Å². The molecule has 0 heterocycles. The average Bonchev–Trinajstić information content (AvgIpc) is 2.12. The van der Waals surface area contributed by atoms with E-state index in [1.807, 2.05) is 25.1 Å². The van der Waals surface area contributed by atoms with Gasteiger partial charge in [-0.3, -0.25) is 0 Å². The summed E-state index contributed by atoms with van der Waals surface area (Å²) in [5.74, 6) is 1.92.